The van der Waals surface area contributed by atoms with E-state index in [4.69, 9.17) is 10.5 Å². The van der Waals surface area contributed by atoms with Crippen LogP contribution < -0.4 is 10.5 Å². The van der Waals surface area contributed by atoms with Gasteiger partial charge in [-0.2, -0.15) is 13.2 Å². The molecule has 1 aromatic rings. The largest absolute Gasteiger partial charge is 0.489 e. The molecular weight excluding hydrogens is 221 g/mol. The normalized spacial score (nSPS) is 16.2. The summed E-state index contributed by atoms with van der Waals surface area (Å²) in [5.41, 5.74) is 4.30. The van der Waals surface area contributed by atoms with Crippen LogP contribution in [0, 0.1) is 0 Å². The first-order chi connectivity index (χ1) is 7.50. The summed E-state index contributed by atoms with van der Waals surface area (Å²) in [5.74, 6) is 0.357. The molecule has 0 aromatic carbocycles. The molecule has 0 spiro atoms. The number of halogens is 3. The zero-order chi connectivity index (χ0) is 11.8. The van der Waals surface area contributed by atoms with Crippen LogP contribution in [0.5, 0.6) is 5.75 Å². The molecule has 0 amide bonds. The minimum atomic E-state index is -4.47. The van der Waals surface area contributed by atoms with Crippen LogP contribution >= 0.6 is 0 Å². The monoisotopic (exact) mass is 232 g/mol. The molecule has 1 heterocycles. The number of ether oxygens (including phenoxy) is 1. The Labute approximate surface area is 90.4 Å². The fourth-order valence-electron chi connectivity index (χ4n) is 1.34. The SMILES string of the molecule is NCc1cc(OC2CC2)cnc1C(F)(F)F. The van der Waals surface area contributed by atoms with Crippen LogP contribution in [0.25, 0.3) is 0 Å². The average molecular weight is 232 g/mol. The molecule has 1 aliphatic rings. The molecule has 2 rings (SSSR count). The van der Waals surface area contributed by atoms with E-state index in [1.807, 2.05) is 0 Å². The first kappa shape index (κ1) is 11.2. The lowest BCUT2D eigenvalue weighted by Crippen LogP contribution is -2.14. The van der Waals surface area contributed by atoms with Crippen molar-refractivity contribution in [2.75, 3.05) is 0 Å². The predicted octanol–water partition coefficient (Wildman–Crippen LogP) is 2.10. The molecule has 0 unspecified atom stereocenters. The first-order valence-corrected chi connectivity index (χ1v) is 4.93. The molecule has 1 saturated carbocycles. The predicted molar refractivity (Wildman–Crippen MR) is 50.8 cm³/mol. The zero-order valence-electron chi connectivity index (χ0n) is 8.42. The van der Waals surface area contributed by atoms with Crippen LogP contribution in [0.15, 0.2) is 12.3 Å². The fourth-order valence-corrected chi connectivity index (χ4v) is 1.34. The summed E-state index contributed by atoms with van der Waals surface area (Å²) in [6, 6.07) is 1.31. The number of rotatable bonds is 3. The smallest absolute Gasteiger partial charge is 0.433 e. The van der Waals surface area contributed by atoms with Crippen molar-refractivity contribution in [1.29, 1.82) is 0 Å². The highest BCUT2D eigenvalue weighted by Gasteiger charge is 2.35. The third-order valence-corrected chi connectivity index (χ3v) is 2.26. The second-order valence-electron chi connectivity index (χ2n) is 3.70. The summed E-state index contributed by atoms with van der Waals surface area (Å²) in [5, 5.41) is 0. The van der Waals surface area contributed by atoms with Crippen molar-refractivity contribution in [2.45, 2.75) is 31.7 Å². The second kappa shape index (κ2) is 3.93. The molecule has 1 aliphatic carbocycles. The maximum absolute atomic E-state index is 12.5. The van der Waals surface area contributed by atoms with E-state index in [1.165, 1.54) is 6.07 Å². The highest BCUT2D eigenvalue weighted by molar-refractivity contribution is 5.31. The molecule has 16 heavy (non-hydrogen) atoms. The molecule has 6 heteroatoms. The van der Waals surface area contributed by atoms with Gasteiger partial charge in [0.05, 0.1) is 12.3 Å². The third kappa shape index (κ3) is 2.44. The van der Waals surface area contributed by atoms with E-state index in [-0.39, 0.29) is 18.2 Å². The van der Waals surface area contributed by atoms with Crippen LogP contribution in [0.2, 0.25) is 0 Å². The molecule has 1 aromatic heterocycles. The fraction of sp³-hybridized carbons (Fsp3) is 0.500. The summed E-state index contributed by atoms with van der Waals surface area (Å²) in [4.78, 5) is 3.37. The molecule has 2 N–H and O–H groups in total. The van der Waals surface area contributed by atoms with Gasteiger partial charge in [0.25, 0.3) is 0 Å². The Bertz CT molecular complexity index is 388. The van der Waals surface area contributed by atoms with Crippen molar-refractivity contribution in [3.8, 4) is 5.75 Å². The Hall–Kier alpha value is -1.30. The topological polar surface area (TPSA) is 48.1 Å². The van der Waals surface area contributed by atoms with Crippen LogP contribution in [-0.4, -0.2) is 11.1 Å². The summed E-state index contributed by atoms with van der Waals surface area (Å²) in [6.45, 7) is -0.205. The first-order valence-electron chi connectivity index (χ1n) is 4.93. The molecule has 0 atom stereocenters. The standard InChI is InChI=1S/C10H11F3N2O/c11-10(12,13)9-6(4-14)3-8(5-15-9)16-7-1-2-7/h3,5,7H,1-2,4,14H2. The van der Waals surface area contributed by atoms with Crippen LogP contribution in [0.3, 0.4) is 0 Å². The van der Waals surface area contributed by atoms with Gasteiger partial charge in [0.15, 0.2) is 0 Å². The lowest BCUT2D eigenvalue weighted by atomic mass is 10.2. The number of nitrogens with two attached hydrogens (primary N) is 1. The van der Waals surface area contributed by atoms with Crippen LogP contribution in [-0.2, 0) is 12.7 Å². The van der Waals surface area contributed by atoms with Gasteiger partial charge < -0.3 is 10.5 Å². The Morgan fingerprint density at radius 2 is 2.12 bits per heavy atom. The van der Waals surface area contributed by atoms with E-state index in [1.54, 1.807) is 0 Å². The van der Waals surface area contributed by atoms with Gasteiger partial charge in [-0.05, 0) is 18.9 Å². The maximum Gasteiger partial charge on any atom is 0.433 e. The van der Waals surface area contributed by atoms with Gasteiger partial charge in [0.1, 0.15) is 11.4 Å². The highest BCUT2D eigenvalue weighted by atomic mass is 19.4. The Kier molecular flexibility index (Phi) is 2.75. The number of pyridine rings is 1. The van der Waals surface area contributed by atoms with Gasteiger partial charge >= 0.3 is 6.18 Å². The van der Waals surface area contributed by atoms with Gasteiger partial charge in [0, 0.05) is 12.1 Å². The van der Waals surface area contributed by atoms with E-state index in [9.17, 15) is 13.2 Å². The van der Waals surface area contributed by atoms with E-state index in [2.05, 4.69) is 4.98 Å². The minimum absolute atomic E-state index is 0.0364. The highest BCUT2D eigenvalue weighted by Crippen LogP contribution is 2.33. The van der Waals surface area contributed by atoms with Crippen molar-refractivity contribution < 1.29 is 17.9 Å². The summed E-state index contributed by atoms with van der Waals surface area (Å²) in [6.07, 6.45) is -1.35. The molecule has 3 nitrogen and oxygen atoms in total. The second-order valence-corrected chi connectivity index (χ2v) is 3.70. The van der Waals surface area contributed by atoms with E-state index in [0.717, 1.165) is 19.0 Å². The Morgan fingerprint density at radius 1 is 1.44 bits per heavy atom. The molecule has 0 radical (unpaired) electrons. The van der Waals surface area contributed by atoms with Crippen molar-refractivity contribution in [3.05, 3.63) is 23.5 Å². The summed E-state index contributed by atoms with van der Waals surface area (Å²) >= 11 is 0. The van der Waals surface area contributed by atoms with Gasteiger partial charge in [-0.25, -0.2) is 4.98 Å². The van der Waals surface area contributed by atoms with Crippen molar-refractivity contribution >= 4 is 0 Å². The third-order valence-electron chi connectivity index (χ3n) is 2.26. The van der Waals surface area contributed by atoms with Crippen molar-refractivity contribution in [1.82, 2.24) is 4.98 Å². The van der Waals surface area contributed by atoms with Gasteiger partial charge in [0.2, 0.25) is 0 Å². The lowest BCUT2D eigenvalue weighted by molar-refractivity contribution is -0.141. The molecule has 0 aliphatic heterocycles. The van der Waals surface area contributed by atoms with Gasteiger partial charge in [-0.15, -0.1) is 0 Å². The number of hydrogen-bond acceptors (Lipinski definition) is 3. The zero-order valence-corrected chi connectivity index (χ0v) is 8.42. The van der Waals surface area contributed by atoms with Crippen molar-refractivity contribution in [3.63, 3.8) is 0 Å². The molecular formula is C10H11F3N2O. The van der Waals surface area contributed by atoms with E-state index in [0.29, 0.717) is 5.75 Å². The number of aromatic nitrogens is 1. The summed E-state index contributed by atoms with van der Waals surface area (Å²) < 4.78 is 42.8. The van der Waals surface area contributed by atoms with Crippen LogP contribution in [0.4, 0.5) is 13.2 Å². The van der Waals surface area contributed by atoms with E-state index >= 15 is 0 Å². The number of nitrogens with zero attached hydrogens (tertiary/aromatic N) is 1. The summed E-state index contributed by atoms with van der Waals surface area (Å²) in [7, 11) is 0. The molecule has 0 saturated heterocycles. The van der Waals surface area contributed by atoms with Gasteiger partial charge in [-0.3, -0.25) is 0 Å². The van der Waals surface area contributed by atoms with Gasteiger partial charge in [-0.1, -0.05) is 0 Å². The number of hydrogen-bond donors (Lipinski definition) is 1. The Morgan fingerprint density at radius 3 is 2.62 bits per heavy atom. The minimum Gasteiger partial charge on any atom is -0.489 e. The lowest BCUT2D eigenvalue weighted by Gasteiger charge is -2.12. The maximum atomic E-state index is 12.5. The van der Waals surface area contributed by atoms with Crippen molar-refractivity contribution in [2.24, 2.45) is 5.73 Å². The quantitative estimate of drug-likeness (QED) is 0.868. The van der Waals surface area contributed by atoms with Crippen LogP contribution in [0.1, 0.15) is 24.1 Å². The average Bonchev–Trinajstić information content (AvgIpc) is 3.00. The molecule has 1 fully saturated rings. The molecule has 0 bridgehead atoms. The van der Waals surface area contributed by atoms with E-state index < -0.39 is 11.9 Å². The Balaban J connectivity index is 2.26. The number of alkyl halides is 3. The molecule has 88 valence electrons.